The number of aliphatic carboxylic acids is 1. The minimum absolute atomic E-state index is 0.220. The van der Waals surface area contributed by atoms with E-state index in [9.17, 15) is 9.59 Å². The summed E-state index contributed by atoms with van der Waals surface area (Å²) in [5.74, 6) is 1.51. The number of benzene rings is 1. The SMILES string of the molecule is O=C(O)COc1cccc(NC(=O)NC2CCSCC2)c1. The quantitative estimate of drug-likeness (QED) is 0.776. The third-order valence-electron chi connectivity index (χ3n) is 3.01. The summed E-state index contributed by atoms with van der Waals surface area (Å²) < 4.78 is 5.07. The highest BCUT2D eigenvalue weighted by Crippen LogP contribution is 2.19. The summed E-state index contributed by atoms with van der Waals surface area (Å²) in [4.78, 5) is 22.3. The van der Waals surface area contributed by atoms with Crippen LogP contribution in [0.1, 0.15) is 12.8 Å². The largest absolute Gasteiger partial charge is 0.482 e. The number of carboxylic acids is 1. The second kappa shape index (κ2) is 7.78. The van der Waals surface area contributed by atoms with E-state index in [1.165, 1.54) is 0 Å². The Morgan fingerprint density at radius 1 is 1.33 bits per heavy atom. The van der Waals surface area contributed by atoms with Crippen LogP contribution in [-0.4, -0.2) is 41.3 Å². The second-order valence-electron chi connectivity index (χ2n) is 4.70. The molecule has 0 aromatic heterocycles. The molecule has 6 nitrogen and oxygen atoms in total. The lowest BCUT2D eigenvalue weighted by atomic mass is 10.2. The lowest BCUT2D eigenvalue weighted by Crippen LogP contribution is -2.39. The fraction of sp³-hybridized carbons (Fsp3) is 0.429. The molecule has 0 atom stereocenters. The first-order valence-electron chi connectivity index (χ1n) is 6.73. The number of carbonyl (C=O) groups is 2. The summed E-state index contributed by atoms with van der Waals surface area (Å²) in [5, 5.41) is 14.2. The molecule has 1 saturated heterocycles. The van der Waals surface area contributed by atoms with Gasteiger partial charge in [-0.1, -0.05) is 6.07 Å². The fourth-order valence-corrected chi connectivity index (χ4v) is 3.11. The van der Waals surface area contributed by atoms with Crippen molar-refractivity contribution >= 4 is 29.4 Å². The van der Waals surface area contributed by atoms with Crippen LogP contribution in [0.2, 0.25) is 0 Å². The minimum Gasteiger partial charge on any atom is -0.482 e. The van der Waals surface area contributed by atoms with Crippen molar-refractivity contribution in [3.8, 4) is 5.75 Å². The molecular formula is C14H18N2O4S. The number of amides is 2. The zero-order chi connectivity index (χ0) is 15.1. The predicted molar refractivity (Wildman–Crippen MR) is 82.1 cm³/mol. The molecule has 0 aliphatic carbocycles. The van der Waals surface area contributed by atoms with Crippen molar-refractivity contribution in [1.82, 2.24) is 5.32 Å². The molecule has 0 saturated carbocycles. The van der Waals surface area contributed by atoms with Gasteiger partial charge in [-0.25, -0.2) is 9.59 Å². The monoisotopic (exact) mass is 310 g/mol. The van der Waals surface area contributed by atoms with Crippen LogP contribution in [-0.2, 0) is 4.79 Å². The Labute approximate surface area is 127 Å². The maximum atomic E-state index is 11.9. The van der Waals surface area contributed by atoms with Gasteiger partial charge in [0.2, 0.25) is 0 Å². The normalized spacial score (nSPS) is 15.2. The highest BCUT2D eigenvalue weighted by molar-refractivity contribution is 7.99. The van der Waals surface area contributed by atoms with Gasteiger partial charge in [0.05, 0.1) is 0 Å². The first-order chi connectivity index (χ1) is 10.1. The average Bonchev–Trinajstić information content (AvgIpc) is 2.46. The second-order valence-corrected chi connectivity index (χ2v) is 5.92. The third-order valence-corrected chi connectivity index (χ3v) is 4.06. The van der Waals surface area contributed by atoms with Gasteiger partial charge in [0.15, 0.2) is 6.61 Å². The zero-order valence-electron chi connectivity index (χ0n) is 11.5. The van der Waals surface area contributed by atoms with Gasteiger partial charge in [-0.2, -0.15) is 11.8 Å². The van der Waals surface area contributed by atoms with E-state index in [2.05, 4.69) is 10.6 Å². The smallest absolute Gasteiger partial charge is 0.341 e. The van der Waals surface area contributed by atoms with Crippen molar-refractivity contribution in [2.24, 2.45) is 0 Å². The molecule has 0 radical (unpaired) electrons. The molecule has 1 aromatic carbocycles. The van der Waals surface area contributed by atoms with E-state index in [1.54, 1.807) is 24.3 Å². The molecule has 0 unspecified atom stereocenters. The van der Waals surface area contributed by atoms with Crippen LogP contribution in [0.5, 0.6) is 5.75 Å². The Bertz CT molecular complexity index is 504. The first-order valence-corrected chi connectivity index (χ1v) is 7.89. The van der Waals surface area contributed by atoms with Crippen LogP contribution in [0.25, 0.3) is 0 Å². The summed E-state index contributed by atoms with van der Waals surface area (Å²) in [5.41, 5.74) is 0.570. The standard InChI is InChI=1S/C14H18N2O4S/c17-13(18)9-20-12-3-1-2-11(8-12)16-14(19)15-10-4-6-21-7-5-10/h1-3,8,10H,4-7,9H2,(H,17,18)(H2,15,16,19). The number of anilines is 1. The first kappa shape index (κ1) is 15.5. The van der Waals surface area contributed by atoms with Crippen molar-refractivity contribution in [3.63, 3.8) is 0 Å². The van der Waals surface area contributed by atoms with E-state index in [-0.39, 0.29) is 12.1 Å². The number of urea groups is 1. The Balaban J connectivity index is 1.85. The number of carbonyl (C=O) groups excluding carboxylic acids is 1. The van der Waals surface area contributed by atoms with Crippen LogP contribution in [0.15, 0.2) is 24.3 Å². The van der Waals surface area contributed by atoms with E-state index in [0.717, 1.165) is 24.3 Å². The molecule has 114 valence electrons. The van der Waals surface area contributed by atoms with Crippen LogP contribution >= 0.6 is 11.8 Å². The number of hydrogen-bond acceptors (Lipinski definition) is 4. The summed E-state index contributed by atoms with van der Waals surface area (Å²) in [7, 11) is 0. The molecule has 1 aliphatic rings. The van der Waals surface area contributed by atoms with Gasteiger partial charge in [-0.05, 0) is 36.5 Å². The summed E-state index contributed by atoms with van der Waals surface area (Å²) >= 11 is 1.90. The Morgan fingerprint density at radius 2 is 2.10 bits per heavy atom. The molecule has 1 fully saturated rings. The van der Waals surface area contributed by atoms with Crippen LogP contribution in [0, 0.1) is 0 Å². The van der Waals surface area contributed by atoms with E-state index in [1.807, 2.05) is 11.8 Å². The Kier molecular flexibility index (Phi) is 5.74. The molecule has 2 amide bonds. The molecule has 2 rings (SSSR count). The predicted octanol–water partition coefficient (Wildman–Crippen LogP) is 2.17. The van der Waals surface area contributed by atoms with Gasteiger partial charge in [-0.3, -0.25) is 0 Å². The van der Waals surface area contributed by atoms with E-state index < -0.39 is 12.6 Å². The van der Waals surface area contributed by atoms with E-state index >= 15 is 0 Å². The van der Waals surface area contributed by atoms with Crippen molar-refractivity contribution in [3.05, 3.63) is 24.3 Å². The Morgan fingerprint density at radius 3 is 2.81 bits per heavy atom. The van der Waals surface area contributed by atoms with Gasteiger partial charge in [0, 0.05) is 17.8 Å². The highest BCUT2D eigenvalue weighted by Gasteiger charge is 2.15. The van der Waals surface area contributed by atoms with Crippen LogP contribution in [0.4, 0.5) is 10.5 Å². The molecule has 0 bridgehead atoms. The summed E-state index contributed by atoms with van der Waals surface area (Å²) in [6, 6.07) is 6.64. The lowest BCUT2D eigenvalue weighted by molar-refractivity contribution is -0.139. The van der Waals surface area contributed by atoms with E-state index in [0.29, 0.717) is 11.4 Å². The van der Waals surface area contributed by atoms with Crippen molar-refractivity contribution in [1.29, 1.82) is 0 Å². The number of carboxylic acid groups (broad SMARTS) is 1. The fourth-order valence-electron chi connectivity index (χ4n) is 2.00. The topological polar surface area (TPSA) is 87.7 Å². The summed E-state index contributed by atoms with van der Waals surface area (Å²) in [6.07, 6.45) is 1.97. The number of ether oxygens (including phenoxy) is 1. The van der Waals surface area contributed by atoms with Gasteiger partial charge in [0.25, 0.3) is 0 Å². The third kappa shape index (κ3) is 5.55. The molecule has 0 spiro atoms. The Hall–Kier alpha value is -1.89. The van der Waals surface area contributed by atoms with Crippen LogP contribution < -0.4 is 15.4 Å². The average molecular weight is 310 g/mol. The molecule has 1 aliphatic heterocycles. The molecule has 7 heteroatoms. The van der Waals surface area contributed by atoms with Gasteiger partial charge >= 0.3 is 12.0 Å². The molecule has 21 heavy (non-hydrogen) atoms. The van der Waals surface area contributed by atoms with Gasteiger partial charge < -0.3 is 20.5 Å². The number of hydrogen-bond donors (Lipinski definition) is 3. The minimum atomic E-state index is -1.04. The maximum absolute atomic E-state index is 11.9. The molecular weight excluding hydrogens is 292 g/mol. The highest BCUT2D eigenvalue weighted by atomic mass is 32.2. The molecule has 3 N–H and O–H groups in total. The molecule has 1 heterocycles. The number of thioether (sulfide) groups is 1. The zero-order valence-corrected chi connectivity index (χ0v) is 12.3. The molecule has 1 aromatic rings. The summed E-state index contributed by atoms with van der Waals surface area (Å²) in [6.45, 7) is -0.407. The maximum Gasteiger partial charge on any atom is 0.341 e. The van der Waals surface area contributed by atoms with Crippen molar-refractivity contribution in [2.75, 3.05) is 23.4 Å². The van der Waals surface area contributed by atoms with Crippen molar-refractivity contribution < 1.29 is 19.4 Å². The van der Waals surface area contributed by atoms with Crippen LogP contribution in [0.3, 0.4) is 0 Å². The van der Waals surface area contributed by atoms with E-state index in [4.69, 9.17) is 9.84 Å². The number of nitrogens with one attached hydrogen (secondary N) is 2. The lowest BCUT2D eigenvalue weighted by Gasteiger charge is -2.22. The number of rotatable bonds is 5. The van der Waals surface area contributed by atoms with Crippen molar-refractivity contribution in [2.45, 2.75) is 18.9 Å². The van der Waals surface area contributed by atoms with Gasteiger partial charge in [-0.15, -0.1) is 0 Å². The van der Waals surface area contributed by atoms with Gasteiger partial charge in [0.1, 0.15) is 5.75 Å².